The molecule has 1 aromatic carbocycles. The summed E-state index contributed by atoms with van der Waals surface area (Å²) in [4.78, 5) is 0. The molecule has 0 saturated carbocycles. The molecule has 0 fully saturated rings. The predicted molar refractivity (Wildman–Crippen MR) is 74.9 cm³/mol. The molecule has 96 valence electrons. The quantitative estimate of drug-likeness (QED) is 0.899. The van der Waals surface area contributed by atoms with Crippen LogP contribution in [-0.4, -0.2) is 16.8 Å². The summed E-state index contributed by atoms with van der Waals surface area (Å²) in [6.45, 7) is 3.82. The molecule has 0 unspecified atom stereocenters. The van der Waals surface area contributed by atoms with Gasteiger partial charge in [0, 0.05) is 22.8 Å². The number of halogens is 1. The molecular formula is C14H18ClN3. The Kier molecular flexibility index (Phi) is 4.39. The molecule has 1 aromatic heterocycles. The lowest BCUT2D eigenvalue weighted by atomic mass is 10.2. The highest BCUT2D eigenvalue weighted by molar-refractivity contribution is 6.30. The van der Waals surface area contributed by atoms with Crippen LogP contribution in [0.2, 0.25) is 5.02 Å². The highest BCUT2D eigenvalue weighted by Gasteiger charge is 2.08. The Hall–Kier alpha value is -1.32. The van der Waals surface area contributed by atoms with Gasteiger partial charge in [0.15, 0.2) is 0 Å². The van der Waals surface area contributed by atoms with Gasteiger partial charge in [-0.3, -0.25) is 4.68 Å². The largest absolute Gasteiger partial charge is 0.316 e. The van der Waals surface area contributed by atoms with Crippen molar-refractivity contribution in [3.63, 3.8) is 0 Å². The zero-order chi connectivity index (χ0) is 13.0. The summed E-state index contributed by atoms with van der Waals surface area (Å²) < 4.78 is 2.07. The fraction of sp³-hybridized carbons (Fsp3) is 0.357. The van der Waals surface area contributed by atoms with E-state index in [0.29, 0.717) is 0 Å². The van der Waals surface area contributed by atoms with Gasteiger partial charge in [-0.1, -0.05) is 30.7 Å². The van der Waals surface area contributed by atoms with Crippen LogP contribution in [0.5, 0.6) is 0 Å². The highest BCUT2D eigenvalue weighted by Crippen LogP contribution is 2.14. The first-order valence-corrected chi connectivity index (χ1v) is 6.55. The van der Waals surface area contributed by atoms with E-state index in [-0.39, 0.29) is 0 Å². The maximum atomic E-state index is 5.89. The number of hydrogen-bond donors (Lipinski definition) is 1. The summed E-state index contributed by atoms with van der Waals surface area (Å²) in [6.07, 6.45) is 2.94. The van der Waals surface area contributed by atoms with E-state index in [1.165, 1.54) is 16.8 Å². The second-order valence-electron chi connectivity index (χ2n) is 4.28. The van der Waals surface area contributed by atoms with Gasteiger partial charge < -0.3 is 5.32 Å². The Morgan fingerprint density at radius 3 is 2.61 bits per heavy atom. The summed E-state index contributed by atoms with van der Waals surface area (Å²) in [5, 5.41) is 8.41. The van der Waals surface area contributed by atoms with Gasteiger partial charge in [0.1, 0.15) is 0 Å². The lowest BCUT2D eigenvalue weighted by Gasteiger charge is -2.08. The van der Waals surface area contributed by atoms with Crippen molar-refractivity contribution in [1.29, 1.82) is 0 Å². The normalized spacial score (nSPS) is 10.8. The molecule has 0 amide bonds. The van der Waals surface area contributed by atoms with Crippen molar-refractivity contribution in [2.45, 2.75) is 26.4 Å². The standard InChI is InChI=1S/C14H18ClN3/c1-3-14-12(8-16-2)9-17-18(14)10-11-4-6-13(15)7-5-11/h4-7,9,16H,3,8,10H2,1-2H3. The molecule has 0 saturated heterocycles. The predicted octanol–water partition coefficient (Wildman–Crippen LogP) is 2.87. The van der Waals surface area contributed by atoms with E-state index < -0.39 is 0 Å². The fourth-order valence-electron chi connectivity index (χ4n) is 2.10. The Morgan fingerprint density at radius 1 is 1.28 bits per heavy atom. The van der Waals surface area contributed by atoms with Crippen molar-refractivity contribution in [3.05, 3.63) is 52.3 Å². The molecule has 0 aliphatic heterocycles. The second kappa shape index (κ2) is 6.03. The van der Waals surface area contributed by atoms with E-state index in [1.807, 2.05) is 37.5 Å². The Bertz CT molecular complexity index is 502. The van der Waals surface area contributed by atoms with E-state index in [0.717, 1.165) is 24.5 Å². The average Bonchev–Trinajstić information content (AvgIpc) is 2.75. The van der Waals surface area contributed by atoms with Crippen LogP contribution in [-0.2, 0) is 19.5 Å². The molecule has 2 aromatic rings. The minimum absolute atomic E-state index is 0.769. The number of rotatable bonds is 5. The summed E-state index contributed by atoms with van der Waals surface area (Å²) >= 11 is 5.89. The molecule has 1 N–H and O–H groups in total. The minimum atomic E-state index is 0.769. The van der Waals surface area contributed by atoms with Crippen molar-refractivity contribution >= 4 is 11.6 Å². The zero-order valence-electron chi connectivity index (χ0n) is 10.8. The molecule has 1 heterocycles. The summed E-state index contributed by atoms with van der Waals surface area (Å²) in [6, 6.07) is 7.92. The Balaban J connectivity index is 2.20. The van der Waals surface area contributed by atoms with Gasteiger partial charge in [0.05, 0.1) is 12.7 Å². The number of benzene rings is 1. The molecule has 0 aliphatic carbocycles. The van der Waals surface area contributed by atoms with E-state index in [4.69, 9.17) is 11.6 Å². The zero-order valence-corrected chi connectivity index (χ0v) is 11.5. The topological polar surface area (TPSA) is 29.9 Å². The van der Waals surface area contributed by atoms with Gasteiger partial charge in [-0.15, -0.1) is 0 Å². The molecule has 0 aliphatic rings. The maximum Gasteiger partial charge on any atom is 0.0662 e. The molecule has 4 heteroatoms. The van der Waals surface area contributed by atoms with Crippen LogP contribution in [0, 0.1) is 0 Å². The van der Waals surface area contributed by atoms with E-state index >= 15 is 0 Å². The van der Waals surface area contributed by atoms with E-state index in [9.17, 15) is 0 Å². The molecule has 0 bridgehead atoms. The third-order valence-corrected chi connectivity index (χ3v) is 3.23. The Labute approximate surface area is 113 Å². The van der Waals surface area contributed by atoms with Crippen molar-refractivity contribution in [2.75, 3.05) is 7.05 Å². The molecule has 18 heavy (non-hydrogen) atoms. The number of hydrogen-bond acceptors (Lipinski definition) is 2. The fourth-order valence-corrected chi connectivity index (χ4v) is 2.22. The van der Waals surface area contributed by atoms with Crippen LogP contribution in [0.25, 0.3) is 0 Å². The first-order valence-electron chi connectivity index (χ1n) is 6.17. The maximum absolute atomic E-state index is 5.89. The number of aromatic nitrogens is 2. The van der Waals surface area contributed by atoms with Crippen LogP contribution in [0.3, 0.4) is 0 Å². The van der Waals surface area contributed by atoms with E-state index in [1.54, 1.807) is 0 Å². The number of nitrogens with one attached hydrogen (secondary N) is 1. The van der Waals surface area contributed by atoms with Crippen LogP contribution in [0.4, 0.5) is 0 Å². The van der Waals surface area contributed by atoms with Crippen LogP contribution in [0.15, 0.2) is 30.5 Å². The van der Waals surface area contributed by atoms with E-state index in [2.05, 4.69) is 22.0 Å². The van der Waals surface area contributed by atoms with Crippen LogP contribution >= 0.6 is 11.6 Å². The molecule has 0 spiro atoms. The number of nitrogens with zero attached hydrogens (tertiary/aromatic N) is 2. The molecule has 2 rings (SSSR count). The third kappa shape index (κ3) is 2.92. The molecule has 3 nitrogen and oxygen atoms in total. The lowest BCUT2D eigenvalue weighted by Crippen LogP contribution is -2.10. The van der Waals surface area contributed by atoms with Crippen molar-refractivity contribution in [1.82, 2.24) is 15.1 Å². The van der Waals surface area contributed by atoms with Crippen LogP contribution < -0.4 is 5.32 Å². The summed E-state index contributed by atoms with van der Waals surface area (Å²) in [5.41, 5.74) is 3.78. The van der Waals surface area contributed by atoms with Gasteiger partial charge in [0.25, 0.3) is 0 Å². The van der Waals surface area contributed by atoms with Crippen LogP contribution in [0.1, 0.15) is 23.7 Å². The smallest absolute Gasteiger partial charge is 0.0662 e. The van der Waals surface area contributed by atoms with Gasteiger partial charge in [-0.2, -0.15) is 5.10 Å². The van der Waals surface area contributed by atoms with Crippen molar-refractivity contribution < 1.29 is 0 Å². The van der Waals surface area contributed by atoms with Gasteiger partial charge in [-0.25, -0.2) is 0 Å². The summed E-state index contributed by atoms with van der Waals surface area (Å²) in [5.74, 6) is 0. The molecule has 0 atom stereocenters. The molecule has 0 radical (unpaired) electrons. The monoisotopic (exact) mass is 263 g/mol. The van der Waals surface area contributed by atoms with Gasteiger partial charge >= 0.3 is 0 Å². The average molecular weight is 264 g/mol. The minimum Gasteiger partial charge on any atom is -0.316 e. The van der Waals surface area contributed by atoms with Crippen molar-refractivity contribution in [2.24, 2.45) is 0 Å². The lowest BCUT2D eigenvalue weighted by molar-refractivity contribution is 0.645. The highest BCUT2D eigenvalue weighted by atomic mass is 35.5. The van der Waals surface area contributed by atoms with Gasteiger partial charge in [-0.05, 0) is 31.2 Å². The summed E-state index contributed by atoms with van der Waals surface area (Å²) in [7, 11) is 1.95. The van der Waals surface area contributed by atoms with Gasteiger partial charge in [0.2, 0.25) is 0 Å². The first-order chi connectivity index (χ1) is 8.74. The SMILES string of the molecule is CCc1c(CNC)cnn1Cc1ccc(Cl)cc1. The molecular weight excluding hydrogens is 246 g/mol. The second-order valence-corrected chi connectivity index (χ2v) is 4.72. The van der Waals surface area contributed by atoms with Crippen molar-refractivity contribution in [3.8, 4) is 0 Å². The first kappa shape index (κ1) is 13.1. The third-order valence-electron chi connectivity index (χ3n) is 2.98. The Morgan fingerprint density at radius 2 is 2.00 bits per heavy atom.